The lowest BCUT2D eigenvalue weighted by Crippen LogP contribution is -2.07. The minimum Gasteiger partial charge on any atom is -0.480 e. The summed E-state index contributed by atoms with van der Waals surface area (Å²) in [5.41, 5.74) is 7.54. The van der Waals surface area contributed by atoms with E-state index >= 15 is 0 Å². The first-order chi connectivity index (χ1) is 14.3. The third kappa shape index (κ3) is 2.93. The number of aromatic nitrogens is 2. The van der Waals surface area contributed by atoms with Crippen molar-refractivity contribution in [3.8, 4) is 22.7 Å². The van der Waals surface area contributed by atoms with Crippen LogP contribution in [0.25, 0.3) is 16.8 Å². The third-order valence-electron chi connectivity index (χ3n) is 5.35. The quantitative estimate of drug-likeness (QED) is 0.474. The lowest BCUT2D eigenvalue weighted by Gasteiger charge is -2.14. The van der Waals surface area contributed by atoms with Crippen molar-refractivity contribution in [1.82, 2.24) is 9.55 Å². The molecule has 0 amide bonds. The van der Waals surface area contributed by atoms with Crippen molar-refractivity contribution in [3.63, 3.8) is 0 Å². The van der Waals surface area contributed by atoms with Crippen LogP contribution in [0.4, 0.5) is 0 Å². The zero-order valence-corrected chi connectivity index (χ0v) is 16.4. The average Bonchev–Trinajstić information content (AvgIpc) is 3.17. The summed E-state index contributed by atoms with van der Waals surface area (Å²) in [4.78, 5) is 9.58. The molecule has 4 nitrogen and oxygen atoms in total. The molecule has 1 aromatic heterocycles. The molecule has 142 valence electrons. The lowest BCUT2D eigenvalue weighted by molar-refractivity contribution is 0.391. The van der Waals surface area contributed by atoms with Crippen molar-refractivity contribution in [2.75, 3.05) is 7.11 Å². The Morgan fingerprint density at radius 2 is 1.52 bits per heavy atom. The van der Waals surface area contributed by atoms with Crippen molar-refractivity contribution in [1.29, 1.82) is 0 Å². The highest BCUT2D eigenvalue weighted by atomic mass is 16.5. The number of rotatable bonds is 3. The van der Waals surface area contributed by atoms with Crippen LogP contribution >= 0.6 is 0 Å². The first-order valence-electron chi connectivity index (χ1n) is 9.71. The number of fused-ring (bicyclic) bond motifs is 3. The molecule has 0 unspecified atom stereocenters. The van der Waals surface area contributed by atoms with Crippen molar-refractivity contribution in [2.45, 2.75) is 13.0 Å². The molecular weight excluding hydrogens is 358 g/mol. The van der Waals surface area contributed by atoms with E-state index < -0.39 is 0 Å². The summed E-state index contributed by atoms with van der Waals surface area (Å²) in [6, 6.07) is 27.2. The van der Waals surface area contributed by atoms with Crippen LogP contribution in [0.3, 0.4) is 0 Å². The number of aliphatic imine (C=N–C) groups is 1. The summed E-state index contributed by atoms with van der Waals surface area (Å²) in [5.74, 6) is 0.619. The Labute approximate surface area is 170 Å². The molecule has 5 rings (SSSR count). The highest BCUT2D eigenvalue weighted by Gasteiger charge is 2.26. The Balaban J connectivity index is 1.79. The summed E-state index contributed by atoms with van der Waals surface area (Å²) in [5, 5.41) is 0. The molecule has 1 aliphatic rings. The molecule has 0 radical (unpaired) electrons. The van der Waals surface area contributed by atoms with E-state index in [0.717, 1.165) is 33.8 Å². The molecular formula is C25H21N3O. The lowest BCUT2D eigenvalue weighted by atomic mass is 9.96. The standard InChI is InChI=1S/C25H21N3O/c1-17-24-25(29-2)26-16-28(24)22-14-13-20(18-9-5-3-6-10-18)15-21(22)23(27-17)19-11-7-4-8-12-19/h3-17H,1-2H3/t17-/m1/s1. The highest BCUT2D eigenvalue weighted by molar-refractivity contribution is 6.15. The molecule has 0 saturated heterocycles. The van der Waals surface area contributed by atoms with E-state index in [1.807, 2.05) is 18.5 Å². The maximum atomic E-state index is 5.53. The topological polar surface area (TPSA) is 39.4 Å². The van der Waals surface area contributed by atoms with E-state index in [0.29, 0.717) is 5.88 Å². The average molecular weight is 379 g/mol. The summed E-state index contributed by atoms with van der Waals surface area (Å²) in [6.45, 7) is 2.09. The Kier molecular flexibility index (Phi) is 4.24. The van der Waals surface area contributed by atoms with Crippen LogP contribution in [0, 0.1) is 0 Å². The molecule has 1 atom stereocenters. The Morgan fingerprint density at radius 1 is 0.828 bits per heavy atom. The van der Waals surface area contributed by atoms with Gasteiger partial charge < -0.3 is 4.74 Å². The summed E-state index contributed by atoms with van der Waals surface area (Å²) in [7, 11) is 1.65. The van der Waals surface area contributed by atoms with Gasteiger partial charge in [-0.15, -0.1) is 0 Å². The number of nitrogens with zero attached hydrogens (tertiary/aromatic N) is 3. The van der Waals surface area contributed by atoms with Crippen molar-refractivity contribution < 1.29 is 4.74 Å². The maximum absolute atomic E-state index is 5.53. The zero-order valence-electron chi connectivity index (χ0n) is 16.4. The molecule has 0 aliphatic carbocycles. The van der Waals surface area contributed by atoms with Gasteiger partial charge in [-0.1, -0.05) is 66.7 Å². The first kappa shape index (κ1) is 17.4. The highest BCUT2D eigenvalue weighted by Crippen LogP contribution is 2.36. The summed E-state index contributed by atoms with van der Waals surface area (Å²) >= 11 is 0. The van der Waals surface area contributed by atoms with Crippen LogP contribution in [-0.4, -0.2) is 22.4 Å². The van der Waals surface area contributed by atoms with Gasteiger partial charge in [-0.05, 0) is 30.2 Å². The van der Waals surface area contributed by atoms with Crippen molar-refractivity contribution in [3.05, 3.63) is 102 Å². The third-order valence-corrected chi connectivity index (χ3v) is 5.35. The minimum absolute atomic E-state index is 0.0877. The van der Waals surface area contributed by atoms with Gasteiger partial charge in [0.1, 0.15) is 12.0 Å². The van der Waals surface area contributed by atoms with E-state index in [4.69, 9.17) is 9.73 Å². The Morgan fingerprint density at radius 3 is 2.21 bits per heavy atom. The number of methoxy groups -OCH3 is 1. The molecule has 0 spiro atoms. The first-order valence-corrected chi connectivity index (χ1v) is 9.71. The molecule has 4 heteroatoms. The number of ether oxygens (including phenoxy) is 1. The van der Waals surface area contributed by atoms with Gasteiger partial charge in [0.25, 0.3) is 0 Å². The maximum Gasteiger partial charge on any atom is 0.237 e. The minimum atomic E-state index is -0.0877. The van der Waals surface area contributed by atoms with Gasteiger partial charge in [0, 0.05) is 11.1 Å². The molecule has 2 heterocycles. The second-order valence-corrected chi connectivity index (χ2v) is 7.13. The summed E-state index contributed by atoms with van der Waals surface area (Å²) in [6.07, 6.45) is 1.83. The van der Waals surface area contributed by atoms with Crippen LogP contribution in [0.2, 0.25) is 0 Å². The van der Waals surface area contributed by atoms with Gasteiger partial charge in [0.15, 0.2) is 0 Å². The number of hydrogen-bond donors (Lipinski definition) is 0. The molecule has 1 aliphatic heterocycles. The van der Waals surface area contributed by atoms with Crippen LogP contribution in [0.5, 0.6) is 5.88 Å². The SMILES string of the molecule is COc1ncn2c1[C@@H](C)N=C(c1ccccc1)c1cc(-c3ccccc3)ccc1-2. The van der Waals surface area contributed by atoms with E-state index in [9.17, 15) is 0 Å². The van der Waals surface area contributed by atoms with E-state index in [2.05, 4.69) is 83.2 Å². The molecule has 0 saturated carbocycles. The van der Waals surface area contributed by atoms with Crippen LogP contribution in [0.15, 0.2) is 90.2 Å². The Bertz CT molecular complexity index is 1190. The second-order valence-electron chi connectivity index (χ2n) is 7.13. The van der Waals surface area contributed by atoms with Gasteiger partial charge in [0.05, 0.1) is 24.6 Å². The van der Waals surface area contributed by atoms with Crippen LogP contribution in [-0.2, 0) is 0 Å². The fraction of sp³-hybridized carbons (Fsp3) is 0.120. The molecule has 0 N–H and O–H groups in total. The van der Waals surface area contributed by atoms with Crippen molar-refractivity contribution >= 4 is 5.71 Å². The van der Waals surface area contributed by atoms with E-state index in [1.165, 1.54) is 5.56 Å². The van der Waals surface area contributed by atoms with Crippen LogP contribution < -0.4 is 4.74 Å². The molecule has 0 fully saturated rings. The fourth-order valence-electron chi connectivity index (χ4n) is 3.97. The van der Waals surface area contributed by atoms with Gasteiger partial charge in [0.2, 0.25) is 5.88 Å². The number of benzene rings is 3. The predicted molar refractivity (Wildman–Crippen MR) is 116 cm³/mol. The molecule has 4 aromatic rings. The molecule has 0 bridgehead atoms. The molecule has 3 aromatic carbocycles. The zero-order chi connectivity index (χ0) is 19.8. The van der Waals surface area contributed by atoms with Crippen LogP contribution in [0.1, 0.15) is 29.8 Å². The second kappa shape index (κ2) is 7.06. The van der Waals surface area contributed by atoms with Gasteiger partial charge in [-0.3, -0.25) is 9.56 Å². The fourth-order valence-corrected chi connectivity index (χ4v) is 3.97. The number of hydrogen-bond acceptors (Lipinski definition) is 3. The predicted octanol–water partition coefficient (Wildman–Crippen LogP) is 5.46. The van der Waals surface area contributed by atoms with E-state index in [-0.39, 0.29) is 6.04 Å². The van der Waals surface area contributed by atoms with Gasteiger partial charge >= 0.3 is 0 Å². The normalized spacial score (nSPS) is 15.1. The Hall–Kier alpha value is -3.66. The number of imidazole rings is 1. The van der Waals surface area contributed by atoms with E-state index in [1.54, 1.807) is 7.11 Å². The summed E-state index contributed by atoms with van der Waals surface area (Å²) < 4.78 is 7.63. The molecule has 29 heavy (non-hydrogen) atoms. The monoisotopic (exact) mass is 379 g/mol. The van der Waals surface area contributed by atoms with Crippen molar-refractivity contribution in [2.24, 2.45) is 4.99 Å². The van der Waals surface area contributed by atoms with Gasteiger partial charge in [-0.2, -0.15) is 0 Å². The smallest absolute Gasteiger partial charge is 0.237 e. The van der Waals surface area contributed by atoms with Gasteiger partial charge in [-0.25, -0.2) is 4.98 Å². The largest absolute Gasteiger partial charge is 0.480 e.